The number of benzene rings is 1. The van der Waals surface area contributed by atoms with Gasteiger partial charge in [0.2, 0.25) is 0 Å². The number of tetrazole rings is 1. The summed E-state index contributed by atoms with van der Waals surface area (Å²) in [6.45, 7) is 2.89. The molecule has 1 fully saturated rings. The molecule has 1 aromatic carbocycles. The minimum Gasteiger partial charge on any atom is -0.399 e. The van der Waals surface area contributed by atoms with Crippen LogP contribution < -0.4 is 5.73 Å². The molecule has 6 heteroatoms. The second kappa shape index (κ2) is 3.76. The van der Waals surface area contributed by atoms with Crippen LogP contribution in [0.1, 0.15) is 19.8 Å². The predicted octanol–water partition coefficient (Wildman–Crippen LogP) is 1.86. The Morgan fingerprint density at radius 1 is 1.44 bits per heavy atom. The first-order chi connectivity index (χ1) is 8.57. The van der Waals surface area contributed by atoms with Gasteiger partial charge in [0.1, 0.15) is 5.82 Å². The molecule has 2 N–H and O–H groups in total. The van der Waals surface area contributed by atoms with Crippen LogP contribution in [-0.4, -0.2) is 20.2 Å². The number of nitrogen functional groups attached to an aromatic ring is 1. The monoisotopic (exact) mass is 247 g/mol. The van der Waals surface area contributed by atoms with E-state index in [9.17, 15) is 4.39 Å². The maximum absolute atomic E-state index is 13.8. The van der Waals surface area contributed by atoms with E-state index in [-0.39, 0.29) is 11.2 Å². The average Bonchev–Trinajstić information content (AvgIpc) is 2.88. The molecule has 1 aliphatic carbocycles. The van der Waals surface area contributed by atoms with Crippen LogP contribution in [0.25, 0.3) is 11.4 Å². The van der Waals surface area contributed by atoms with Crippen LogP contribution in [0.4, 0.5) is 10.1 Å². The molecule has 3 rings (SSSR count). The Morgan fingerprint density at radius 2 is 2.22 bits per heavy atom. The summed E-state index contributed by atoms with van der Waals surface area (Å²) < 4.78 is 15.5. The van der Waals surface area contributed by atoms with E-state index in [2.05, 4.69) is 22.4 Å². The van der Waals surface area contributed by atoms with Gasteiger partial charge in [-0.3, -0.25) is 0 Å². The predicted molar refractivity (Wildman–Crippen MR) is 65.0 cm³/mol. The Kier molecular flexibility index (Phi) is 2.33. The highest BCUT2D eigenvalue weighted by Gasteiger charge is 2.38. The molecule has 1 aliphatic rings. The molecule has 5 nitrogen and oxygen atoms in total. The van der Waals surface area contributed by atoms with Crippen LogP contribution >= 0.6 is 0 Å². The topological polar surface area (TPSA) is 69.6 Å². The van der Waals surface area contributed by atoms with Gasteiger partial charge in [-0.2, -0.15) is 0 Å². The molecule has 18 heavy (non-hydrogen) atoms. The van der Waals surface area contributed by atoms with Gasteiger partial charge < -0.3 is 5.73 Å². The van der Waals surface area contributed by atoms with E-state index in [1.54, 1.807) is 10.7 Å². The van der Waals surface area contributed by atoms with Gasteiger partial charge in [0, 0.05) is 5.69 Å². The van der Waals surface area contributed by atoms with Gasteiger partial charge in [0.15, 0.2) is 5.82 Å². The molecule has 0 bridgehead atoms. The summed E-state index contributed by atoms with van der Waals surface area (Å²) in [5, 5.41) is 11.5. The quantitative estimate of drug-likeness (QED) is 0.840. The SMILES string of the molecule is CC1(Cn2nnnc2-c2cc(N)ccc2F)CC1. The molecule has 1 saturated carbocycles. The molecule has 94 valence electrons. The lowest BCUT2D eigenvalue weighted by atomic mass is 10.1. The number of halogens is 1. The fraction of sp³-hybridized carbons (Fsp3) is 0.417. The minimum atomic E-state index is -0.360. The lowest BCUT2D eigenvalue weighted by molar-refractivity contribution is 0.427. The molecule has 0 radical (unpaired) electrons. The number of nitrogens with zero attached hydrogens (tertiary/aromatic N) is 4. The van der Waals surface area contributed by atoms with Crippen molar-refractivity contribution in [1.29, 1.82) is 0 Å². The van der Waals surface area contributed by atoms with E-state index in [1.165, 1.54) is 12.1 Å². The van der Waals surface area contributed by atoms with Crippen molar-refractivity contribution < 1.29 is 4.39 Å². The number of anilines is 1. The van der Waals surface area contributed by atoms with Crippen LogP contribution in [-0.2, 0) is 6.54 Å². The maximum atomic E-state index is 13.8. The number of aromatic nitrogens is 4. The summed E-state index contributed by atoms with van der Waals surface area (Å²) in [7, 11) is 0. The number of nitrogens with two attached hydrogens (primary N) is 1. The first kappa shape index (κ1) is 11.1. The maximum Gasteiger partial charge on any atom is 0.185 e. The molecular weight excluding hydrogens is 233 g/mol. The molecule has 1 heterocycles. The summed E-state index contributed by atoms with van der Waals surface area (Å²) in [6, 6.07) is 4.42. The van der Waals surface area contributed by atoms with Crippen molar-refractivity contribution in [1.82, 2.24) is 20.2 Å². The summed E-state index contributed by atoms with van der Waals surface area (Å²) in [6.07, 6.45) is 2.32. The summed E-state index contributed by atoms with van der Waals surface area (Å²) in [4.78, 5) is 0. The van der Waals surface area contributed by atoms with Crippen LogP contribution in [0.2, 0.25) is 0 Å². The van der Waals surface area contributed by atoms with Crippen LogP contribution in [0.5, 0.6) is 0 Å². The van der Waals surface area contributed by atoms with E-state index in [0.29, 0.717) is 23.6 Å². The summed E-state index contributed by atoms with van der Waals surface area (Å²) in [5.74, 6) is 0.0779. The molecular formula is C12H14FN5. The first-order valence-corrected chi connectivity index (χ1v) is 5.89. The molecule has 0 unspecified atom stereocenters. The van der Waals surface area contributed by atoms with Gasteiger partial charge in [0.25, 0.3) is 0 Å². The van der Waals surface area contributed by atoms with Crippen molar-refractivity contribution in [2.45, 2.75) is 26.3 Å². The molecule has 0 aliphatic heterocycles. The Labute approximate surface area is 104 Å². The highest BCUT2D eigenvalue weighted by atomic mass is 19.1. The molecule has 1 aromatic heterocycles. The summed E-state index contributed by atoms with van der Waals surface area (Å²) in [5.41, 5.74) is 6.78. The van der Waals surface area contributed by atoms with Crippen LogP contribution in [0.15, 0.2) is 18.2 Å². The van der Waals surface area contributed by atoms with Gasteiger partial charge in [-0.1, -0.05) is 6.92 Å². The molecule has 0 amide bonds. The lowest BCUT2D eigenvalue weighted by Crippen LogP contribution is -2.11. The summed E-state index contributed by atoms with van der Waals surface area (Å²) >= 11 is 0. The fourth-order valence-corrected chi connectivity index (χ4v) is 1.95. The highest BCUT2D eigenvalue weighted by Crippen LogP contribution is 2.46. The molecule has 0 saturated heterocycles. The zero-order valence-corrected chi connectivity index (χ0v) is 10.1. The number of hydrogen-bond acceptors (Lipinski definition) is 4. The van der Waals surface area contributed by atoms with Crippen molar-refractivity contribution >= 4 is 5.69 Å². The Hall–Kier alpha value is -1.98. The Balaban J connectivity index is 2.01. The van der Waals surface area contributed by atoms with Gasteiger partial charge in [-0.05, 0) is 46.9 Å². The number of hydrogen-bond donors (Lipinski definition) is 1. The average molecular weight is 247 g/mol. The van der Waals surface area contributed by atoms with Crippen molar-refractivity contribution in [2.75, 3.05) is 5.73 Å². The van der Waals surface area contributed by atoms with Crippen molar-refractivity contribution in [2.24, 2.45) is 5.41 Å². The van der Waals surface area contributed by atoms with Crippen molar-refractivity contribution in [3.63, 3.8) is 0 Å². The van der Waals surface area contributed by atoms with Gasteiger partial charge in [0.05, 0.1) is 12.1 Å². The van der Waals surface area contributed by atoms with E-state index in [1.807, 2.05) is 0 Å². The van der Waals surface area contributed by atoms with Crippen molar-refractivity contribution in [3.8, 4) is 11.4 Å². The zero-order chi connectivity index (χ0) is 12.8. The van der Waals surface area contributed by atoms with Crippen LogP contribution in [0, 0.1) is 11.2 Å². The van der Waals surface area contributed by atoms with E-state index in [0.717, 1.165) is 12.8 Å². The van der Waals surface area contributed by atoms with Crippen molar-refractivity contribution in [3.05, 3.63) is 24.0 Å². The second-order valence-electron chi connectivity index (χ2n) is 5.21. The zero-order valence-electron chi connectivity index (χ0n) is 10.1. The van der Waals surface area contributed by atoms with E-state index < -0.39 is 0 Å². The smallest absolute Gasteiger partial charge is 0.185 e. The Bertz CT molecular complexity index is 588. The molecule has 0 atom stereocenters. The highest BCUT2D eigenvalue weighted by molar-refractivity contribution is 5.61. The van der Waals surface area contributed by atoms with Crippen LogP contribution in [0.3, 0.4) is 0 Å². The normalized spacial score (nSPS) is 16.8. The Morgan fingerprint density at radius 3 is 2.94 bits per heavy atom. The van der Waals surface area contributed by atoms with E-state index in [4.69, 9.17) is 5.73 Å². The lowest BCUT2D eigenvalue weighted by Gasteiger charge is -2.10. The fourth-order valence-electron chi connectivity index (χ4n) is 1.95. The third-order valence-electron chi connectivity index (χ3n) is 3.40. The number of rotatable bonds is 3. The van der Waals surface area contributed by atoms with Gasteiger partial charge in [-0.15, -0.1) is 5.10 Å². The van der Waals surface area contributed by atoms with E-state index >= 15 is 0 Å². The first-order valence-electron chi connectivity index (χ1n) is 5.89. The standard InChI is InChI=1S/C12H14FN5/c1-12(4-5-12)7-18-11(15-16-17-18)9-6-8(14)2-3-10(9)13/h2-3,6H,4-5,7,14H2,1H3. The second-order valence-corrected chi connectivity index (χ2v) is 5.21. The van der Waals surface area contributed by atoms with Gasteiger partial charge >= 0.3 is 0 Å². The largest absolute Gasteiger partial charge is 0.399 e. The molecule has 0 spiro atoms. The minimum absolute atomic E-state index is 0.251. The third kappa shape index (κ3) is 1.94. The third-order valence-corrected chi connectivity index (χ3v) is 3.40. The van der Waals surface area contributed by atoms with Gasteiger partial charge in [-0.25, -0.2) is 9.07 Å². The molecule has 2 aromatic rings.